The molecule has 1 aliphatic heterocycles. The van der Waals surface area contributed by atoms with E-state index in [9.17, 15) is 9.59 Å². The first-order valence-corrected chi connectivity index (χ1v) is 11.7. The maximum absolute atomic E-state index is 13.4. The summed E-state index contributed by atoms with van der Waals surface area (Å²) in [5.74, 6) is 0.853. The molecule has 0 saturated carbocycles. The number of carbonyl (C=O) groups excluding carboxylic acids is 1. The number of benzene rings is 2. The Bertz CT molecular complexity index is 1400. The van der Waals surface area contributed by atoms with Gasteiger partial charge in [0.15, 0.2) is 0 Å². The van der Waals surface area contributed by atoms with Crippen LogP contribution in [0.2, 0.25) is 0 Å². The van der Waals surface area contributed by atoms with E-state index in [-0.39, 0.29) is 17.3 Å². The van der Waals surface area contributed by atoms with Crippen LogP contribution in [0.5, 0.6) is 5.75 Å². The number of methoxy groups -OCH3 is 1. The van der Waals surface area contributed by atoms with Crippen LogP contribution in [0.15, 0.2) is 64.8 Å². The standard InChI is InChI=1S/C26H23N3O3S/c1-32-19-11-7-8-17(14-19)15-20(26(31)29-12-5-6-13-29)23-27-24(30)22-21(16-33-25(22)28-23)18-9-3-2-4-10-18/h2-4,7-11,14-16H,5-6,12-13H2,1H3,(H,27,28,30). The third-order valence-corrected chi connectivity index (χ3v) is 6.68. The van der Waals surface area contributed by atoms with Crippen LogP contribution in [0.3, 0.4) is 0 Å². The number of aromatic amines is 1. The van der Waals surface area contributed by atoms with Crippen molar-refractivity contribution in [3.63, 3.8) is 0 Å². The summed E-state index contributed by atoms with van der Waals surface area (Å²) in [5.41, 5.74) is 2.74. The van der Waals surface area contributed by atoms with E-state index < -0.39 is 0 Å². The van der Waals surface area contributed by atoms with Crippen molar-refractivity contribution in [1.82, 2.24) is 14.9 Å². The topological polar surface area (TPSA) is 75.3 Å². The van der Waals surface area contributed by atoms with Crippen LogP contribution in [0.4, 0.5) is 0 Å². The molecule has 5 rings (SSSR count). The number of aromatic nitrogens is 2. The van der Waals surface area contributed by atoms with E-state index in [1.165, 1.54) is 11.3 Å². The summed E-state index contributed by atoms with van der Waals surface area (Å²) in [4.78, 5) is 36.7. The monoisotopic (exact) mass is 457 g/mol. The zero-order chi connectivity index (χ0) is 22.8. The van der Waals surface area contributed by atoms with E-state index in [2.05, 4.69) is 4.98 Å². The number of likely N-dealkylation sites (tertiary alicyclic amines) is 1. The molecule has 1 saturated heterocycles. The molecule has 1 N–H and O–H groups in total. The Balaban J connectivity index is 1.64. The van der Waals surface area contributed by atoms with E-state index in [0.717, 1.165) is 29.5 Å². The van der Waals surface area contributed by atoms with Crippen molar-refractivity contribution in [2.24, 2.45) is 0 Å². The summed E-state index contributed by atoms with van der Waals surface area (Å²) >= 11 is 1.41. The average Bonchev–Trinajstić information content (AvgIpc) is 3.53. The van der Waals surface area contributed by atoms with Crippen LogP contribution < -0.4 is 10.3 Å². The Labute approximate surface area is 195 Å². The second kappa shape index (κ2) is 9.03. The lowest BCUT2D eigenvalue weighted by atomic mass is 10.1. The summed E-state index contributed by atoms with van der Waals surface area (Å²) in [7, 11) is 1.60. The molecule has 0 spiro atoms. The average molecular weight is 458 g/mol. The molecule has 33 heavy (non-hydrogen) atoms. The van der Waals surface area contributed by atoms with E-state index in [1.54, 1.807) is 13.2 Å². The highest BCUT2D eigenvalue weighted by Gasteiger charge is 2.25. The van der Waals surface area contributed by atoms with Crippen LogP contribution in [0, 0.1) is 0 Å². The van der Waals surface area contributed by atoms with Crippen molar-refractivity contribution in [3.05, 3.63) is 81.7 Å². The van der Waals surface area contributed by atoms with Gasteiger partial charge in [-0.1, -0.05) is 42.5 Å². The minimum Gasteiger partial charge on any atom is -0.497 e. The number of nitrogens with zero attached hydrogens (tertiary/aromatic N) is 2. The van der Waals surface area contributed by atoms with Crippen LogP contribution in [-0.4, -0.2) is 41.0 Å². The molecule has 6 nitrogen and oxygen atoms in total. The van der Waals surface area contributed by atoms with Crippen molar-refractivity contribution in [2.45, 2.75) is 12.8 Å². The summed E-state index contributed by atoms with van der Waals surface area (Å²) < 4.78 is 5.33. The minimum atomic E-state index is -0.249. The highest BCUT2D eigenvalue weighted by Crippen LogP contribution is 2.31. The normalized spacial score (nSPS) is 14.1. The summed E-state index contributed by atoms with van der Waals surface area (Å²) in [6, 6.07) is 17.2. The lowest BCUT2D eigenvalue weighted by molar-refractivity contribution is -0.123. The smallest absolute Gasteiger partial charge is 0.260 e. The quantitative estimate of drug-likeness (QED) is 0.436. The molecule has 4 aromatic rings. The zero-order valence-corrected chi connectivity index (χ0v) is 19.0. The molecule has 2 aromatic heterocycles. The predicted octanol–water partition coefficient (Wildman–Crippen LogP) is 4.82. The van der Waals surface area contributed by atoms with Gasteiger partial charge >= 0.3 is 0 Å². The third kappa shape index (κ3) is 4.19. The molecule has 1 fully saturated rings. The molecular formula is C26H23N3O3S. The molecule has 166 valence electrons. The number of hydrogen-bond donors (Lipinski definition) is 1. The number of hydrogen-bond acceptors (Lipinski definition) is 5. The van der Waals surface area contributed by atoms with Gasteiger partial charge in [0.2, 0.25) is 0 Å². The van der Waals surface area contributed by atoms with Gasteiger partial charge in [0.1, 0.15) is 16.4 Å². The van der Waals surface area contributed by atoms with Gasteiger partial charge in [-0.25, -0.2) is 4.98 Å². The van der Waals surface area contributed by atoms with Crippen molar-refractivity contribution >= 4 is 39.1 Å². The minimum absolute atomic E-state index is 0.127. The number of H-pyrrole nitrogens is 1. The van der Waals surface area contributed by atoms with Crippen LogP contribution in [0.1, 0.15) is 24.2 Å². The molecule has 2 aromatic carbocycles. The van der Waals surface area contributed by atoms with Gasteiger partial charge in [0, 0.05) is 24.0 Å². The first kappa shape index (κ1) is 21.2. The SMILES string of the molecule is COc1cccc(C=C(C(=O)N2CCCC2)c2nc3scc(-c4ccccc4)c3c(=O)[nH]2)c1. The molecule has 0 radical (unpaired) electrons. The third-order valence-electron chi connectivity index (χ3n) is 5.81. The van der Waals surface area contributed by atoms with Gasteiger partial charge < -0.3 is 14.6 Å². The molecule has 3 heterocycles. The maximum atomic E-state index is 13.4. The van der Waals surface area contributed by atoms with E-state index >= 15 is 0 Å². The second-order valence-corrected chi connectivity index (χ2v) is 8.80. The van der Waals surface area contributed by atoms with Crippen molar-refractivity contribution < 1.29 is 9.53 Å². The molecule has 0 atom stereocenters. The van der Waals surface area contributed by atoms with E-state index in [1.807, 2.05) is 64.9 Å². The molecule has 1 aliphatic rings. The highest BCUT2D eigenvalue weighted by molar-refractivity contribution is 7.17. The molecule has 0 aliphatic carbocycles. The van der Waals surface area contributed by atoms with Gasteiger partial charge in [-0.15, -0.1) is 11.3 Å². The number of thiophene rings is 1. The summed E-state index contributed by atoms with van der Waals surface area (Å²) in [5, 5.41) is 2.49. The number of nitrogens with one attached hydrogen (secondary N) is 1. The first-order valence-electron chi connectivity index (χ1n) is 10.9. The lowest BCUT2D eigenvalue weighted by Crippen LogP contribution is -2.29. The van der Waals surface area contributed by atoms with Crippen LogP contribution >= 0.6 is 11.3 Å². The van der Waals surface area contributed by atoms with Gasteiger partial charge in [-0.05, 0) is 42.2 Å². The Morgan fingerprint density at radius 2 is 1.91 bits per heavy atom. The zero-order valence-electron chi connectivity index (χ0n) is 18.2. The van der Waals surface area contributed by atoms with Crippen molar-refractivity contribution in [3.8, 4) is 16.9 Å². The van der Waals surface area contributed by atoms with Crippen molar-refractivity contribution in [1.29, 1.82) is 0 Å². The fourth-order valence-corrected chi connectivity index (χ4v) is 5.07. The first-order chi connectivity index (χ1) is 16.1. The molecule has 0 bridgehead atoms. The number of fused-ring (bicyclic) bond motifs is 1. The Hall–Kier alpha value is -3.71. The van der Waals surface area contributed by atoms with Gasteiger partial charge in [-0.3, -0.25) is 9.59 Å². The fraction of sp³-hybridized carbons (Fsp3) is 0.192. The maximum Gasteiger partial charge on any atom is 0.260 e. The Morgan fingerprint density at radius 3 is 2.67 bits per heavy atom. The second-order valence-electron chi connectivity index (χ2n) is 7.94. The van der Waals surface area contributed by atoms with Crippen molar-refractivity contribution in [2.75, 3.05) is 20.2 Å². The van der Waals surface area contributed by atoms with Gasteiger partial charge in [0.05, 0.1) is 18.1 Å². The molecule has 1 amide bonds. The van der Waals surface area contributed by atoms with Crippen LogP contribution in [-0.2, 0) is 4.79 Å². The van der Waals surface area contributed by atoms with Gasteiger partial charge in [0.25, 0.3) is 11.5 Å². The molecule has 7 heteroatoms. The molecular weight excluding hydrogens is 434 g/mol. The number of ether oxygens (including phenoxy) is 1. The Morgan fingerprint density at radius 1 is 1.12 bits per heavy atom. The van der Waals surface area contributed by atoms with E-state index in [0.29, 0.717) is 34.6 Å². The fourth-order valence-electron chi connectivity index (χ4n) is 4.13. The number of carbonyl (C=O) groups is 1. The number of amides is 1. The Kier molecular flexibility index (Phi) is 5.79. The van der Waals surface area contributed by atoms with E-state index in [4.69, 9.17) is 9.72 Å². The highest BCUT2D eigenvalue weighted by atomic mass is 32.1. The van der Waals surface area contributed by atoms with Crippen LogP contribution in [0.25, 0.3) is 33.0 Å². The largest absolute Gasteiger partial charge is 0.497 e. The molecule has 0 unspecified atom stereocenters. The lowest BCUT2D eigenvalue weighted by Gasteiger charge is -2.17. The summed E-state index contributed by atoms with van der Waals surface area (Å²) in [6.07, 6.45) is 3.73. The predicted molar refractivity (Wildman–Crippen MR) is 132 cm³/mol. The number of rotatable bonds is 5. The summed E-state index contributed by atoms with van der Waals surface area (Å²) in [6.45, 7) is 1.41. The van der Waals surface area contributed by atoms with Gasteiger partial charge in [-0.2, -0.15) is 0 Å².